The highest BCUT2D eigenvalue weighted by molar-refractivity contribution is 5.80. The summed E-state index contributed by atoms with van der Waals surface area (Å²) in [6.07, 6.45) is 2.13. The van der Waals surface area contributed by atoms with Gasteiger partial charge in [0, 0.05) is 6.42 Å². The lowest BCUT2D eigenvalue weighted by molar-refractivity contribution is -0.166. The predicted molar refractivity (Wildman–Crippen MR) is 57.4 cm³/mol. The first kappa shape index (κ1) is 12.5. The van der Waals surface area contributed by atoms with Crippen LogP contribution in [0.5, 0.6) is 0 Å². The minimum Gasteiger partial charge on any atom is -0.455 e. The molecule has 1 fully saturated rings. The van der Waals surface area contributed by atoms with Crippen molar-refractivity contribution in [1.29, 1.82) is 0 Å². The van der Waals surface area contributed by atoms with Gasteiger partial charge in [0.1, 0.15) is 11.1 Å². The molecule has 0 aromatic carbocycles. The molecule has 0 spiro atoms. The number of rotatable bonds is 4. The topological polar surface area (TPSA) is 61.5 Å². The molecule has 1 heterocycles. The van der Waals surface area contributed by atoms with E-state index in [1.807, 2.05) is 13.8 Å². The fraction of sp³-hybridized carbons (Fsp3) is 0.909. The van der Waals surface area contributed by atoms with Gasteiger partial charge in [-0.2, -0.15) is 0 Å². The average molecular weight is 215 g/mol. The summed E-state index contributed by atoms with van der Waals surface area (Å²) in [5.41, 5.74) is 4.51. The Morgan fingerprint density at radius 2 is 2.27 bits per heavy atom. The quantitative estimate of drug-likeness (QED) is 0.716. The van der Waals surface area contributed by atoms with E-state index in [1.165, 1.54) is 0 Å². The van der Waals surface area contributed by atoms with Crippen LogP contribution < -0.4 is 5.73 Å². The molecule has 1 saturated heterocycles. The van der Waals surface area contributed by atoms with E-state index in [4.69, 9.17) is 15.2 Å². The maximum absolute atomic E-state index is 11.8. The van der Waals surface area contributed by atoms with E-state index in [0.29, 0.717) is 19.6 Å². The molecule has 0 aromatic heterocycles. The van der Waals surface area contributed by atoms with Crippen LogP contribution in [0.3, 0.4) is 0 Å². The fourth-order valence-corrected chi connectivity index (χ4v) is 1.48. The van der Waals surface area contributed by atoms with Crippen molar-refractivity contribution in [3.05, 3.63) is 0 Å². The number of hydrogen-bond donors (Lipinski definition) is 1. The molecule has 4 heteroatoms. The summed E-state index contributed by atoms with van der Waals surface area (Å²) in [5, 5.41) is 0. The molecular formula is C11H21NO3. The Kier molecular flexibility index (Phi) is 3.73. The predicted octanol–water partition coefficient (Wildman–Crippen LogP) is 1.23. The van der Waals surface area contributed by atoms with Crippen LogP contribution in [-0.2, 0) is 14.3 Å². The second-order valence-corrected chi connectivity index (χ2v) is 4.50. The number of nitrogens with two attached hydrogens (primary N) is 1. The number of ether oxygens (including phenoxy) is 2. The molecule has 2 unspecified atom stereocenters. The Bertz CT molecular complexity index is 232. The second-order valence-electron chi connectivity index (χ2n) is 4.50. The van der Waals surface area contributed by atoms with E-state index in [2.05, 4.69) is 0 Å². The Morgan fingerprint density at radius 3 is 2.67 bits per heavy atom. The van der Waals surface area contributed by atoms with Crippen molar-refractivity contribution in [3.8, 4) is 0 Å². The van der Waals surface area contributed by atoms with Gasteiger partial charge in [0.2, 0.25) is 0 Å². The van der Waals surface area contributed by atoms with Crippen molar-refractivity contribution in [3.63, 3.8) is 0 Å². The van der Waals surface area contributed by atoms with Gasteiger partial charge in [-0.1, -0.05) is 13.8 Å². The van der Waals surface area contributed by atoms with Crippen LogP contribution in [0.15, 0.2) is 0 Å². The van der Waals surface area contributed by atoms with Gasteiger partial charge in [0.15, 0.2) is 0 Å². The molecule has 0 aliphatic carbocycles. The molecular weight excluding hydrogens is 194 g/mol. The molecule has 4 nitrogen and oxygen atoms in total. The molecule has 0 bridgehead atoms. The van der Waals surface area contributed by atoms with Gasteiger partial charge >= 0.3 is 5.97 Å². The van der Waals surface area contributed by atoms with Crippen LogP contribution in [0.1, 0.15) is 40.0 Å². The first-order valence-corrected chi connectivity index (χ1v) is 5.56. The number of carbonyl (C=O) groups excluding carboxylic acids is 1. The van der Waals surface area contributed by atoms with Crippen molar-refractivity contribution >= 4 is 5.97 Å². The largest absolute Gasteiger partial charge is 0.455 e. The number of esters is 1. The van der Waals surface area contributed by atoms with Gasteiger partial charge in [-0.25, -0.2) is 0 Å². The molecule has 0 saturated carbocycles. The van der Waals surface area contributed by atoms with Crippen LogP contribution in [0, 0.1) is 0 Å². The highest BCUT2D eigenvalue weighted by Gasteiger charge is 2.40. The molecule has 1 aliphatic heterocycles. The molecule has 0 radical (unpaired) electrons. The van der Waals surface area contributed by atoms with Crippen LogP contribution >= 0.6 is 0 Å². The van der Waals surface area contributed by atoms with Crippen LogP contribution in [0.2, 0.25) is 0 Å². The van der Waals surface area contributed by atoms with Crippen molar-refractivity contribution in [2.75, 3.05) is 13.2 Å². The van der Waals surface area contributed by atoms with Gasteiger partial charge in [-0.05, 0) is 19.8 Å². The van der Waals surface area contributed by atoms with E-state index in [9.17, 15) is 4.79 Å². The molecule has 0 amide bonds. The van der Waals surface area contributed by atoms with Crippen molar-refractivity contribution in [2.24, 2.45) is 5.73 Å². The minimum absolute atomic E-state index is 0.322. The first-order valence-electron chi connectivity index (χ1n) is 5.56. The Hall–Kier alpha value is -0.610. The third kappa shape index (κ3) is 2.69. The van der Waals surface area contributed by atoms with E-state index in [-0.39, 0.29) is 5.97 Å². The SMILES string of the molecule is CCC1(OC(=O)C(C)(N)CC)CCOC1. The van der Waals surface area contributed by atoms with Crippen molar-refractivity contribution in [1.82, 2.24) is 0 Å². The molecule has 2 N–H and O–H groups in total. The standard InChI is InChI=1S/C11H21NO3/c1-4-10(3,12)9(13)15-11(5-2)6-7-14-8-11/h4-8,12H2,1-3H3. The molecule has 1 aliphatic rings. The van der Waals surface area contributed by atoms with Gasteiger partial charge < -0.3 is 15.2 Å². The monoisotopic (exact) mass is 215 g/mol. The van der Waals surface area contributed by atoms with E-state index in [1.54, 1.807) is 6.92 Å². The lowest BCUT2D eigenvalue weighted by Gasteiger charge is -2.30. The first-order chi connectivity index (χ1) is 6.96. The molecule has 15 heavy (non-hydrogen) atoms. The summed E-state index contributed by atoms with van der Waals surface area (Å²) < 4.78 is 10.8. The highest BCUT2D eigenvalue weighted by atomic mass is 16.6. The fourth-order valence-electron chi connectivity index (χ4n) is 1.48. The Morgan fingerprint density at radius 1 is 1.60 bits per heavy atom. The molecule has 88 valence electrons. The molecule has 1 rings (SSSR count). The number of hydrogen-bond acceptors (Lipinski definition) is 4. The lowest BCUT2D eigenvalue weighted by Crippen LogP contribution is -2.50. The zero-order chi connectivity index (χ0) is 11.5. The third-order valence-corrected chi connectivity index (χ3v) is 3.22. The summed E-state index contributed by atoms with van der Waals surface area (Å²) in [6.45, 7) is 6.74. The Balaban J connectivity index is 2.63. The van der Waals surface area contributed by atoms with E-state index >= 15 is 0 Å². The smallest absolute Gasteiger partial charge is 0.326 e. The summed E-state index contributed by atoms with van der Waals surface area (Å²) >= 11 is 0. The normalized spacial score (nSPS) is 29.9. The van der Waals surface area contributed by atoms with Crippen LogP contribution in [-0.4, -0.2) is 30.3 Å². The van der Waals surface area contributed by atoms with Crippen LogP contribution in [0.25, 0.3) is 0 Å². The minimum atomic E-state index is -0.884. The summed E-state index contributed by atoms with van der Waals surface area (Å²) in [5.74, 6) is -0.322. The highest BCUT2D eigenvalue weighted by Crippen LogP contribution is 2.28. The van der Waals surface area contributed by atoms with E-state index < -0.39 is 11.1 Å². The maximum atomic E-state index is 11.8. The summed E-state index contributed by atoms with van der Waals surface area (Å²) in [4.78, 5) is 11.8. The van der Waals surface area contributed by atoms with E-state index in [0.717, 1.165) is 12.8 Å². The molecule has 2 atom stereocenters. The van der Waals surface area contributed by atoms with Gasteiger partial charge in [-0.15, -0.1) is 0 Å². The average Bonchev–Trinajstić information content (AvgIpc) is 2.67. The molecule has 0 aromatic rings. The van der Waals surface area contributed by atoms with Crippen molar-refractivity contribution in [2.45, 2.75) is 51.2 Å². The second kappa shape index (κ2) is 4.49. The summed E-state index contributed by atoms with van der Waals surface area (Å²) in [7, 11) is 0. The number of carbonyl (C=O) groups is 1. The Labute approximate surface area is 91.1 Å². The summed E-state index contributed by atoms with van der Waals surface area (Å²) in [6, 6.07) is 0. The van der Waals surface area contributed by atoms with Gasteiger partial charge in [0.25, 0.3) is 0 Å². The maximum Gasteiger partial charge on any atom is 0.326 e. The van der Waals surface area contributed by atoms with Crippen molar-refractivity contribution < 1.29 is 14.3 Å². The zero-order valence-corrected chi connectivity index (χ0v) is 9.84. The lowest BCUT2D eigenvalue weighted by atomic mass is 9.97. The third-order valence-electron chi connectivity index (χ3n) is 3.22. The van der Waals surface area contributed by atoms with Crippen LogP contribution in [0.4, 0.5) is 0 Å². The van der Waals surface area contributed by atoms with Gasteiger partial charge in [-0.3, -0.25) is 4.79 Å². The zero-order valence-electron chi connectivity index (χ0n) is 9.84. The van der Waals surface area contributed by atoms with Gasteiger partial charge in [0.05, 0.1) is 13.2 Å².